The van der Waals surface area contributed by atoms with Crippen molar-refractivity contribution in [1.29, 1.82) is 0 Å². The molecule has 0 spiro atoms. The first-order valence-corrected chi connectivity index (χ1v) is 6.45. The van der Waals surface area contributed by atoms with Crippen LogP contribution in [0.2, 0.25) is 0 Å². The van der Waals surface area contributed by atoms with Gasteiger partial charge in [0.1, 0.15) is 17.5 Å². The number of aromatic nitrogens is 2. The predicted octanol–water partition coefficient (Wildman–Crippen LogP) is 2.63. The molecule has 0 amide bonds. The van der Waals surface area contributed by atoms with Crippen molar-refractivity contribution in [2.45, 2.75) is 45.1 Å². The molecule has 1 aromatic heterocycles. The molecule has 4 heteroatoms. The zero-order valence-corrected chi connectivity index (χ0v) is 11.2. The second kappa shape index (κ2) is 4.90. The van der Waals surface area contributed by atoms with Crippen molar-refractivity contribution < 1.29 is 0 Å². The summed E-state index contributed by atoms with van der Waals surface area (Å²) in [6.45, 7) is 4.42. The molecule has 1 aromatic rings. The van der Waals surface area contributed by atoms with Crippen LogP contribution >= 0.6 is 0 Å². The van der Waals surface area contributed by atoms with E-state index in [2.05, 4.69) is 41.1 Å². The van der Waals surface area contributed by atoms with E-state index in [0.717, 1.165) is 23.9 Å². The SMILES string of the molecule is CCC(C)N(C)c1cc(NC)nc(C2CC2)n1. The number of anilines is 2. The molecule has 1 aliphatic carbocycles. The molecule has 0 saturated heterocycles. The quantitative estimate of drug-likeness (QED) is 0.850. The monoisotopic (exact) mass is 234 g/mol. The van der Waals surface area contributed by atoms with Gasteiger partial charge < -0.3 is 10.2 Å². The first kappa shape index (κ1) is 12.1. The summed E-state index contributed by atoms with van der Waals surface area (Å²) in [5, 5.41) is 3.12. The highest BCUT2D eigenvalue weighted by atomic mass is 15.2. The number of rotatable bonds is 5. The minimum atomic E-state index is 0.502. The minimum Gasteiger partial charge on any atom is -0.373 e. The standard InChI is InChI=1S/C13H22N4/c1-5-9(2)17(4)12-8-11(14-3)15-13(16-12)10-6-7-10/h8-10H,5-7H2,1-4H3,(H,14,15,16). The summed E-state index contributed by atoms with van der Waals surface area (Å²) in [7, 11) is 4.01. The highest BCUT2D eigenvalue weighted by Gasteiger charge is 2.27. The van der Waals surface area contributed by atoms with Gasteiger partial charge in [0.15, 0.2) is 0 Å². The Bertz CT molecular complexity index is 387. The van der Waals surface area contributed by atoms with Crippen LogP contribution in [0.4, 0.5) is 11.6 Å². The molecule has 4 nitrogen and oxygen atoms in total. The summed E-state index contributed by atoms with van der Waals surface area (Å²) < 4.78 is 0. The van der Waals surface area contributed by atoms with Crippen LogP contribution in [0.3, 0.4) is 0 Å². The molecule has 2 rings (SSSR count). The Hall–Kier alpha value is -1.32. The topological polar surface area (TPSA) is 41.0 Å². The van der Waals surface area contributed by atoms with Crippen molar-refractivity contribution in [1.82, 2.24) is 9.97 Å². The number of hydrogen-bond donors (Lipinski definition) is 1. The van der Waals surface area contributed by atoms with E-state index in [1.165, 1.54) is 12.8 Å². The van der Waals surface area contributed by atoms with Crippen molar-refractivity contribution in [3.05, 3.63) is 11.9 Å². The van der Waals surface area contributed by atoms with Crippen LogP contribution in [0.1, 0.15) is 44.9 Å². The van der Waals surface area contributed by atoms with E-state index in [-0.39, 0.29) is 0 Å². The van der Waals surface area contributed by atoms with Crippen LogP contribution in [0.15, 0.2) is 6.07 Å². The molecule has 94 valence electrons. The Morgan fingerprint density at radius 3 is 2.71 bits per heavy atom. The first-order chi connectivity index (χ1) is 8.15. The average Bonchev–Trinajstić information content (AvgIpc) is 3.20. The number of nitrogens with one attached hydrogen (secondary N) is 1. The molecule has 1 fully saturated rings. The normalized spacial score (nSPS) is 16.7. The molecule has 1 heterocycles. The van der Waals surface area contributed by atoms with Crippen LogP contribution in [0.5, 0.6) is 0 Å². The molecule has 0 bridgehead atoms. The second-order valence-electron chi connectivity index (χ2n) is 4.86. The largest absolute Gasteiger partial charge is 0.373 e. The van der Waals surface area contributed by atoms with Crippen LogP contribution in [0, 0.1) is 0 Å². The lowest BCUT2D eigenvalue weighted by Gasteiger charge is -2.25. The zero-order chi connectivity index (χ0) is 12.4. The fourth-order valence-electron chi connectivity index (χ4n) is 1.79. The number of hydrogen-bond acceptors (Lipinski definition) is 4. The van der Waals surface area contributed by atoms with Gasteiger partial charge >= 0.3 is 0 Å². The molecule has 17 heavy (non-hydrogen) atoms. The van der Waals surface area contributed by atoms with E-state index in [1.807, 2.05) is 13.1 Å². The van der Waals surface area contributed by atoms with Gasteiger partial charge in [-0.05, 0) is 26.2 Å². The molecule has 1 unspecified atom stereocenters. The fourth-order valence-corrected chi connectivity index (χ4v) is 1.79. The molecule has 1 N–H and O–H groups in total. The maximum absolute atomic E-state index is 4.69. The van der Waals surface area contributed by atoms with Gasteiger partial charge in [-0.3, -0.25) is 0 Å². The van der Waals surface area contributed by atoms with E-state index < -0.39 is 0 Å². The third-order valence-electron chi connectivity index (χ3n) is 3.54. The van der Waals surface area contributed by atoms with E-state index in [9.17, 15) is 0 Å². The molecule has 1 aliphatic rings. The van der Waals surface area contributed by atoms with Gasteiger partial charge in [-0.2, -0.15) is 0 Å². The van der Waals surface area contributed by atoms with Gasteiger partial charge in [-0.15, -0.1) is 0 Å². The number of nitrogens with zero attached hydrogens (tertiary/aromatic N) is 3. The fraction of sp³-hybridized carbons (Fsp3) is 0.692. The smallest absolute Gasteiger partial charge is 0.136 e. The molecular formula is C13H22N4. The van der Waals surface area contributed by atoms with Crippen LogP contribution < -0.4 is 10.2 Å². The lowest BCUT2D eigenvalue weighted by atomic mass is 10.2. The van der Waals surface area contributed by atoms with Crippen LogP contribution in [0.25, 0.3) is 0 Å². The average molecular weight is 234 g/mol. The highest BCUT2D eigenvalue weighted by Crippen LogP contribution is 2.39. The molecule has 1 atom stereocenters. The van der Waals surface area contributed by atoms with Crippen molar-refractivity contribution in [2.24, 2.45) is 0 Å². The van der Waals surface area contributed by atoms with Crippen LogP contribution in [-0.2, 0) is 0 Å². The van der Waals surface area contributed by atoms with Crippen molar-refractivity contribution >= 4 is 11.6 Å². The van der Waals surface area contributed by atoms with Crippen molar-refractivity contribution in [3.8, 4) is 0 Å². The summed E-state index contributed by atoms with van der Waals surface area (Å²) in [6.07, 6.45) is 3.59. The Labute approximate surface area is 103 Å². The van der Waals surface area contributed by atoms with E-state index in [0.29, 0.717) is 12.0 Å². The summed E-state index contributed by atoms with van der Waals surface area (Å²) in [6, 6.07) is 2.53. The van der Waals surface area contributed by atoms with Gasteiger partial charge in [0, 0.05) is 32.1 Å². The maximum atomic E-state index is 4.69. The lowest BCUT2D eigenvalue weighted by molar-refractivity contribution is 0.654. The maximum Gasteiger partial charge on any atom is 0.136 e. The highest BCUT2D eigenvalue weighted by molar-refractivity contribution is 5.49. The van der Waals surface area contributed by atoms with E-state index >= 15 is 0 Å². The Morgan fingerprint density at radius 2 is 2.18 bits per heavy atom. The summed E-state index contributed by atoms with van der Waals surface area (Å²) >= 11 is 0. The molecule has 0 radical (unpaired) electrons. The Balaban J connectivity index is 2.28. The predicted molar refractivity (Wildman–Crippen MR) is 71.7 cm³/mol. The summed E-state index contributed by atoms with van der Waals surface area (Å²) in [5.41, 5.74) is 0. The van der Waals surface area contributed by atoms with E-state index in [1.54, 1.807) is 0 Å². The second-order valence-corrected chi connectivity index (χ2v) is 4.86. The first-order valence-electron chi connectivity index (χ1n) is 6.45. The summed E-state index contributed by atoms with van der Waals surface area (Å²) in [4.78, 5) is 11.5. The molecule has 1 saturated carbocycles. The Morgan fingerprint density at radius 1 is 1.47 bits per heavy atom. The third kappa shape index (κ3) is 2.68. The van der Waals surface area contributed by atoms with E-state index in [4.69, 9.17) is 0 Å². The van der Waals surface area contributed by atoms with Gasteiger partial charge in [0.25, 0.3) is 0 Å². The lowest BCUT2D eigenvalue weighted by Crippen LogP contribution is -2.29. The van der Waals surface area contributed by atoms with Crippen molar-refractivity contribution in [3.63, 3.8) is 0 Å². The van der Waals surface area contributed by atoms with Crippen molar-refractivity contribution in [2.75, 3.05) is 24.3 Å². The van der Waals surface area contributed by atoms with Gasteiger partial charge in [0.2, 0.25) is 0 Å². The molecule has 0 aromatic carbocycles. The summed E-state index contributed by atoms with van der Waals surface area (Å²) in [5.74, 6) is 3.54. The van der Waals surface area contributed by atoms with Gasteiger partial charge in [0.05, 0.1) is 0 Å². The third-order valence-corrected chi connectivity index (χ3v) is 3.54. The van der Waals surface area contributed by atoms with Crippen LogP contribution in [-0.4, -0.2) is 30.1 Å². The Kier molecular flexibility index (Phi) is 3.50. The minimum absolute atomic E-state index is 0.502. The molecular weight excluding hydrogens is 212 g/mol. The zero-order valence-electron chi connectivity index (χ0n) is 11.2. The van der Waals surface area contributed by atoms with Gasteiger partial charge in [-0.25, -0.2) is 9.97 Å². The molecule has 0 aliphatic heterocycles. The van der Waals surface area contributed by atoms with Gasteiger partial charge in [-0.1, -0.05) is 6.92 Å².